The lowest BCUT2D eigenvalue weighted by Gasteiger charge is -2.17. The van der Waals surface area contributed by atoms with Crippen molar-refractivity contribution in [1.82, 2.24) is 15.3 Å². The van der Waals surface area contributed by atoms with Gasteiger partial charge in [0.05, 0.1) is 17.3 Å². The number of nitrogens with one attached hydrogen (secondary N) is 1. The lowest BCUT2D eigenvalue weighted by molar-refractivity contribution is 0.0935. The number of aryl methyl sites for hydroxylation is 2. The number of thioether (sulfide) groups is 1. The fourth-order valence-electron chi connectivity index (χ4n) is 2.44. The zero-order valence-electron chi connectivity index (χ0n) is 15.2. The average molecular weight is 343 g/mol. The van der Waals surface area contributed by atoms with Crippen LogP contribution in [0.3, 0.4) is 0 Å². The molecule has 5 heteroatoms. The van der Waals surface area contributed by atoms with E-state index in [1.807, 2.05) is 32.2 Å². The first-order valence-corrected chi connectivity index (χ1v) is 9.36. The van der Waals surface area contributed by atoms with Crippen molar-refractivity contribution in [1.29, 1.82) is 0 Å². The van der Waals surface area contributed by atoms with Gasteiger partial charge in [-0.1, -0.05) is 43.7 Å². The molecule has 0 aliphatic heterocycles. The summed E-state index contributed by atoms with van der Waals surface area (Å²) in [5.74, 6) is 0.887. The maximum Gasteiger partial charge on any atom is 0.256 e. The van der Waals surface area contributed by atoms with E-state index in [1.54, 1.807) is 0 Å². The zero-order chi connectivity index (χ0) is 17.9. The first-order valence-electron chi connectivity index (χ1n) is 8.13. The van der Waals surface area contributed by atoms with Gasteiger partial charge < -0.3 is 5.32 Å². The molecule has 0 saturated heterocycles. The molecule has 1 heterocycles. The van der Waals surface area contributed by atoms with Crippen LogP contribution in [0, 0.1) is 13.8 Å². The number of aromatic nitrogens is 2. The van der Waals surface area contributed by atoms with E-state index in [4.69, 9.17) is 0 Å². The van der Waals surface area contributed by atoms with E-state index >= 15 is 0 Å². The second-order valence-corrected chi connectivity index (χ2v) is 7.11. The molecule has 0 aliphatic carbocycles. The van der Waals surface area contributed by atoms with Gasteiger partial charge in [-0.25, -0.2) is 9.97 Å². The van der Waals surface area contributed by atoms with Gasteiger partial charge in [0.15, 0.2) is 0 Å². The predicted octanol–water partition coefficient (Wildman–Crippen LogP) is 4.43. The van der Waals surface area contributed by atoms with Gasteiger partial charge in [-0.15, -0.1) is 11.8 Å². The summed E-state index contributed by atoms with van der Waals surface area (Å²) in [5.41, 5.74) is 3.59. The van der Waals surface area contributed by atoms with Gasteiger partial charge in [0.25, 0.3) is 5.91 Å². The molecular formula is C19H25N3OS. The maximum atomic E-state index is 12.8. The van der Waals surface area contributed by atoms with Crippen LogP contribution in [0.2, 0.25) is 0 Å². The third-order valence-corrected chi connectivity index (χ3v) is 4.62. The third kappa shape index (κ3) is 4.15. The first-order chi connectivity index (χ1) is 11.3. The van der Waals surface area contributed by atoms with Gasteiger partial charge in [0.1, 0.15) is 10.9 Å². The van der Waals surface area contributed by atoms with E-state index in [0.29, 0.717) is 5.56 Å². The van der Waals surface area contributed by atoms with Crippen LogP contribution < -0.4 is 5.32 Å². The van der Waals surface area contributed by atoms with Crippen molar-refractivity contribution in [3.8, 4) is 0 Å². The van der Waals surface area contributed by atoms with E-state index in [0.717, 1.165) is 22.1 Å². The Morgan fingerprint density at radius 2 is 1.71 bits per heavy atom. The molecule has 0 bridgehead atoms. The van der Waals surface area contributed by atoms with Crippen LogP contribution in [-0.4, -0.2) is 22.1 Å². The molecule has 0 aliphatic rings. The molecule has 0 saturated carbocycles. The van der Waals surface area contributed by atoms with Gasteiger partial charge in [-0.2, -0.15) is 0 Å². The van der Waals surface area contributed by atoms with E-state index in [9.17, 15) is 4.79 Å². The van der Waals surface area contributed by atoms with Crippen LogP contribution >= 0.6 is 11.8 Å². The zero-order valence-corrected chi connectivity index (χ0v) is 16.0. The van der Waals surface area contributed by atoms with Crippen LogP contribution in [0.4, 0.5) is 0 Å². The summed E-state index contributed by atoms with van der Waals surface area (Å²) < 4.78 is 0. The van der Waals surface area contributed by atoms with Crippen molar-refractivity contribution < 1.29 is 4.79 Å². The molecule has 24 heavy (non-hydrogen) atoms. The van der Waals surface area contributed by atoms with Crippen LogP contribution in [0.25, 0.3) is 0 Å². The van der Waals surface area contributed by atoms with Gasteiger partial charge in [-0.05, 0) is 32.6 Å². The van der Waals surface area contributed by atoms with Gasteiger partial charge in [0, 0.05) is 5.92 Å². The van der Waals surface area contributed by atoms with Crippen LogP contribution in [-0.2, 0) is 0 Å². The fourth-order valence-corrected chi connectivity index (χ4v) is 3.07. The largest absolute Gasteiger partial charge is 0.345 e. The van der Waals surface area contributed by atoms with Crippen LogP contribution in [0.15, 0.2) is 29.3 Å². The molecule has 1 aromatic carbocycles. The number of benzene rings is 1. The molecule has 1 unspecified atom stereocenters. The molecule has 4 nitrogen and oxygen atoms in total. The number of hydrogen-bond acceptors (Lipinski definition) is 4. The minimum atomic E-state index is -0.125. The van der Waals surface area contributed by atoms with Crippen molar-refractivity contribution in [2.45, 2.75) is 51.6 Å². The van der Waals surface area contributed by atoms with E-state index in [-0.39, 0.29) is 17.9 Å². The highest BCUT2D eigenvalue weighted by Gasteiger charge is 2.21. The summed E-state index contributed by atoms with van der Waals surface area (Å²) in [4.78, 5) is 21.8. The Bertz CT molecular complexity index is 726. The number of carbonyl (C=O) groups is 1. The summed E-state index contributed by atoms with van der Waals surface area (Å²) in [6.07, 6.45) is 1.94. The van der Waals surface area contributed by atoms with Gasteiger partial charge in [-0.3, -0.25) is 4.79 Å². The number of rotatable bonds is 5. The molecule has 2 rings (SSSR count). The Balaban J connectivity index is 2.27. The molecule has 1 N–H and O–H groups in total. The Morgan fingerprint density at radius 1 is 1.08 bits per heavy atom. The summed E-state index contributed by atoms with van der Waals surface area (Å²) in [7, 11) is 0. The highest BCUT2D eigenvalue weighted by Crippen LogP contribution is 2.24. The molecule has 128 valence electrons. The number of nitrogens with zero attached hydrogens (tertiary/aromatic N) is 2. The van der Waals surface area contributed by atoms with Crippen LogP contribution in [0.1, 0.15) is 65.7 Å². The molecule has 0 radical (unpaired) electrons. The summed E-state index contributed by atoms with van der Waals surface area (Å²) in [6, 6.07) is 8.12. The summed E-state index contributed by atoms with van der Waals surface area (Å²) in [5, 5.41) is 3.80. The smallest absolute Gasteiger partial charge is 0.256 e. The maximum absolute atomic E-state index is 12.8. The molecule has 2 aromatic rings. The Kier molecular flexibility index (Phi) is 5.99. The first kappa shape index (κ1) is 18.5. The topological polar surface area (TPSA) is 54.9 Å². The average Bonchev–Trinajstić information content (AvgIpc) is 2.54. The monoisotopic (exact) mass is 343 g/mol. The minimum Gasteiger partial charge on any atom is -0.345 e. The summed E-state index contributed by atoms with van der Waals surface area (Å²) >= 11 is 1.48. The van der Waals surface area contributed by atoms with Crippen LogP contribution in [0.5, 0.6) is 0 Å². The SMILES string of the molecule is CSc1nc(C(C)C)nc(C)c1C(=O)NC(C)c1ccc(C)cc1. The number of hydrogen-bond donors (Lipinski definition) is 1. The number of amides is 1. The molecule has 0 spiro atoms. The molecule has 0 fully saturated rings. The van der Waals surface area contributed by atoms with E-state index in [1.165, 1.54) is 17.3 Å². The molecule has 1 amide bonds. The second kappa shape index (κ2) is 7.79. The number of carbonyl (C=O) groups excluding carboxylic acids is 1. The van der Waals surface area contributed by atoms with E-state index < -0.39 is 0 Å². The Morgan fingerprint density at radius 3 is 2.25 bits per heavy atom. The highest BCUT2D eigenvalue weighted by molar-refractivity contribution is 7.98. The van der Waals surface area contributed by atoms with E-state index in [2.05, 4.69) is 48.2 Å². The van der Waals surface area contributed by atoms with Gasteiger partial charge >= 0.3 is 0 Å². The highest BCUT2D eigenvalue weighted by atomic mass is 32.2. The standard InChI is InChI=1S/C19H25N3OS/c1-11(2)17-20-14(5)16(19(22-17)24-6)18(23)21-13(4)15-9-7-12(3)8-10-15/h7-11,13H,1-6H3,(H,21,23). The van der Waals surface area contributed by atoms with Crippen molar-refractivity contribution in [3.63, 3.8) is 0 Å². The van der Waals surface area contributed by atoms with Crippen molar-refractivity contribution in [3.05, 3.63) is 52.5 Å². The third-order valence-electron chi connectivity index (χ3n) is 3.94. The molecule has 1 aromatic heterocycles. The minimum absolute atomic E-state index is 0.0722. The van der Waals surface area contributed by atoms with Gasteiger partial charge in [0.2, 0.25) is 0 Å². The van der Waals surface area contributed by atoms with Crippen molar-refractivity contribution >= 4 is 17.7 Å². The second-order valence-electron chi connectivity index (χ2n) is 6.31. The van der Waals surface area contributed by atoms with Crippen molar-refractivity contribution in [2.75, 3.05) is 6.26 Å². The summed E-state index contributed by atoms with van der Waals surface area (Å²) in [6.45, 7) is 10.0. The Hall–Kier alpha value is -1.88. The lowest BCUT2D eigenvalue weighted by Crippen LogP contribution is -2.28. The normalized spacial score (nSPS) is 12.3. The molecular weight excluding hydrogens is 318 g/mol. The van der Waals surface area contributed by atoms with Crippen molar-refractivity contribution in [2.24, 2.45) is 0 Å². The quantitative estimate of drug-likeness (QED) is 0.644. The predicted molar refractivity (Wildman–Crippen MR) is 99.7 cm³/mol. The Labute approximate surface area is 148 Å². The fraction of sp³-hybridized carbons (Fsp3) is 0.421. The lowest BCUT2D eigenvalue weighted by atomic mass is 10.1. The molecule has 1 atom stereocenters.